The number of aromatic nitrogens is 2. The predicted octanol–water partition coefficient (Wildman–Crippen LogP) is 3.05. The first kappa shape index (κ1) is 24.1. The number of piperidine rings is 1. The van der Waals surface area contributed by atoms with Crippen molar-refractivity contribution in [2.45, 2.75) is 30.3 Å². The van der Waals surface area contributed by atoms with Gasteiger partial charge >= 0.3 is 0 Å². The van der Waals surface area contributed by atoms with Crippen LogP contribution in [0.3, 0.4) is 0 Å². The summed E-state index contributed by atoms with van der Waals surface area (Å²) in [6.07, 6.45) is 8.59. The summed E-state index contributed by atoms with van der Waals surface area (Å²) in [5.41, 5.74) is 3.94. The highest BCUT2D eigenvalue weighted by Gasteiger charge is 2.24. The third kappa shape index (κ3) is 5.90. The lowest BCUT2D eigenvalue weighted by molar-refractivity contribution is -0.0217. The van der Waals surface area contributed by atoms with Crippen molar-refractivity contribution in [3.63, 3.8) is 0 Å². The molecular formula is C21H24F2IN5O3S. The van der Waals surface area contributed by atoms with Crippen LogP contribution in [-0.2, 0) is 14.7 Å². The van der Waals surface area contributed by atoms with Crippen LogP contribution in [0.2, 0.25) is 0 Å². The van der Waals surface area contributed by atoms with E-state index in [1.165, 1.54) is 0 Å². The third-order valence-electron chi connectivity index (χ3n) is 5.64. The van der Waals surface area contributed by atoms with E-state index in [9.17, 15) is 17.2 Å². The molecule has 1 fully saturated rings. The highest BCUT2D eigenvalue weighted by atomic mass is 127. The number of hydroxylamine groups is 1. The molecule has 12 heteroatoms. The Morgan fingerprint density at radius 2 is 1.79 bits per heavy atom. The van der Waals surface area contributed by atoms with E-state index in [4.69, 9.17) is 4.84 Å². The van der Waals surface area contributed by atoms with E-state index >= 15 is 0 Å². The van der Waals surface area contributed by atoms with Crippen molar-refractivity contribution in [2.75, 3.05) is 42.2 Å². The van der Waals surface area contributed by atoms with Gasteiger partial charge in [-0.05, 0) is 47.6 Å². The summed E-state index contributed by atoms with van der Waals surface area (Å²) < 4.78 is 52.8. The topological polar surface area (TPSA) is 87.7 Å². The van der Waals surface area contributed by atoms with E-state index in [1.807, 2.05) is 6.08 Å². The van der Waals surface area contributed by atoms with Crippen LogP contribution in [0.1, 0.15) is 19.3 Å². The van der Waals surface area contributed by atoms with Gasteiger partial charge in [-0.2, -0.15) is 0 Å². The van der Waals surface area contributed by atoms with Gasteiger partial charge < -0.3 is 9.80 Å². The zero-order chi connectivity index (χ0) is 23.6. The summed E-state index contributed by atoms with van der Waals surface area (Å²) in [6, 6.07) is 1.69. The Morgan fingerprint density at radius 3 is 2.39 bits per heavy atom. The molecule has 0 radical (unpaired) electrons. The Kier molecular flexibility index (Phi) is 7.34. The number of rotatable bonds is 6. The molecule has 0 amide bonds. The largest absolute Gasteiger partial charge is 0.365 e. The maximum atomic E-state index is 14.5. The smallest absolute Gasteiger partial charge is 0.225 e. The minimum absolute atomic E-state index is 0.0429. The highest BCUT2D eigenvalue weighted by Crippen LogP contribution is 2.28. The summed E-state index contributed by atoms with van der Waals surface area (Å²) in [5, 5.41) is 0. The van der Waals surface area contributed by atoms with Crippen molar-refractivity contribution >= 4 is 44.1 Å². The number of nitrogens with zero attached hydrogens (tertiary/aromatic N) is 4. The lowest BCUT2D eigenvalue weighted by Crippen LogP contribution is -2.40. The van der Waals surface area contributed by atoms with E-state index in [0.717, 1.165) is 59.5 Å². The molecule has 1 aromatic carbocycles. The first-order valence-corrected chi connectivity index (χ1v) is 13.4. The van der Waals surface area contributed by atoms with Crippen molar-refractivity contribution in [2.24, 2.45) is 0 Å². The third-order valence-corrected chi connectivity index (χ3v) is 7.31. The van der Waals surface area contributed by atoms with E-state index in [-0.39, 0.29) is 11.8 Å². The Labute approximate surface area is 205 Å². The van der Waals surface area contributed by atoms with Crippen molar-refractivity contribution in [3.05, 3.63) is 51.5 Å². The van der Waals surface area contributed by atoms with E-state index < -0.39 is 26.4 Å². The van der Waals surface area contributed by atoms with Gasteiger partial charge in [-0.1, -0.05) is 0 Å². The first-order valence-electron chi connectivity index (χ1n) is 10.5. The standard InChI is InChI=1S/C21H24F2IN5O3S/c1-33(30,31)20-11-17(22)19(10-18(20)23)28-6-2-15(3-7-28)27-32-16-4-8-29(9-5-16)21-25-12-14(24)13-26-21/h2,10-13,16,27H,3-9H2,1H3. The molecule has 33 heavy (non-hydrogen) atoms. The van der Waals surface area contributed by atoms with Crippen molar-refractivity contribution in [1.82, 2.24) is 15.4 Å². The Bertz CT molecular complexity index is 1140. The number of sulfone groups is 1. The van der Waals surface area contributed by atoms with Gasteiger partial charge in [0.05, 0.1) is 11.8 Å². The molecule has 0 bridgehead atoms. The predicted molar refractivity (Wildman–Crippen MR) is 129 cm³/mol. The van der Waals surface area contributed by atoms with Crippen LogP contribution in [-0.4, -0.2) is 56.9 Å². The number of nitrogens with one attached hydrogen (secondary N) is 1. The molecule has 0 atom stereocenters. The summed E-state index contributed by atoms with van der Waals surface area (Å²) in [4.78, 5) is 17.7. The molecule has 2 aliphatic heterocycles. The molecule has 2 aromatic rings. The summed E-state index contributed by atoms with van der Waals surface area (Å²) >= 11 is 2.18. The van der Waals surface area contributed by atoms with Crippen molar-refractivity contribution < 1.29 is 22.0 Å². The van der Waals surface area contributed by atoms with Gasteiger partial charge in [-0.3, -0.25) is 10.3 Å². The van der Waals surface area contributed by atoms with Crippen LogP contribution in [0.4, 0.5) is 20.4 Å². The monoisotopic (exact) mass is 591 g/mol. The van der Waals surface area contributed by atoms with E-state index in [1.54, 1.807) is 17.3 Å². The molecule has 2 aliphatic rings. The molecular weight excluding hydrogens is 567 g/mol. The average molecular weight is 591 g/mol. The molecule has 0 spiro atoms. The highest BCUT2D eigenvalue weighted by molar-refractivity contribution is 14.1. The van der Waals surface area contributed by atoms with Crippen LogP contribution in [0.5, 0.6) is 0 Å². The van der Waals surface area contributed by atoms with Gasteiger partial charge in [0.2, 0.25) is 5.95 Å². The summed E-state index contributed by atoms with van der Waals surface area (Å²) in [6.45, 7) is 2.39. The molecule has 1 saturated heterocycles. The summed E-state index contributed by atoms with van der Waals surface area (Å²) in [7, 11) is -3.83. The number of hydrogen-bond acceptors (Lipinski definition) is 8. The van der Waals surface area contributed by atoms with Crippen LogP contribution >= 0.6 is 22.6 Å². The molecule has 178 valence electrons. The van der Waals surface area contributed by atoms with E-state index in [0.29, 0.717) is 19.5 Å². The van der Waals surface area contributed by atoms with Crippen LogP contribution in [0.15, 0.2) is 41.2 Å². The number of halogens is 3. The molecule has 1 N–H and O–H groups in total. The van der Waals surface area contributed by atoms with Crippen LogP contribution in [0.25, 0.3) is 0 Å². The lowest BCUT2D eigenvalue weighted by atomic mass is 10.1. The molecule has 3 heterocycles. The maximum Gasteiger partial charge on any atom is 0.225 e. The maximum absolute atomic E-state index is 14.5. The van der Waals surface area contributed by atoms with Gasteiger partial charge in [0.15, 0.2) is 9.84 Å². The van der Waals surface area contributed by atoms with Crippen molar-refractivity contribution in [1.29, 1.82) is 0 Å². The Morgan fingerprint density at radius 1 is 1.09 bits per heavy atom. The SMILES string of the molecule is CS(=O)(=O)c1cc(F)c(N2CC=C(NOC3CCN(c4ncc(I)cn4)CC3)CC2)cc1F. The average Bonchev–Trinajstić information content (AvgIpc) is 2.79. The lowest BCUT2D eigenvalue weighted by Gasteiger charge is -2.33. The molecule has 0 saturated carbocycles. The second-order valence-electron chi connectivity index (χ2n) is 8.04. The minimum Gasteiger partial charge on any atom is -0.365 e. The molecule has 8 nitrogen and oxygen atoms in total. The van der Waals surface area contributed by atoms with Crippen molar-refractivity contribution in [3.8, 4) is 0 Å². The zero-order valence-electron chi connectivity index (χ0n) is 18.0. The van der Waals surface area contributed by atoms with Gasteiger partial charge in [0.25, 0.3) is 0 Å². The Balaban J connectivity index is 1.28. The van der Waals surface area contributed by atoms with Crippen LogP contribution in [0, 0.1) is 15.2 Å². The molecule has 0 unspecified atom stereocenters. The minimum atomic E-state index is -3.83. The first-order chi connectivity index (χ1) is 15.7. The molecule has 1 aromatic heterocycles. The number of benzene rings is 1. The van der Waals surface area contributed by atoms with Gasteiger partial charge in [-0.15, -0.1) is 0 Å². The quantitative estimate of drug-likeness (QED) is 0.406. The Hall–Kier alpha value is -2.06. The van der Waals surface area contributed by atoms with Gasteiger partial charge in [0, 0.05) is 66.6 Å². The molecule has 0 aliphatic carbocycles. The second kappa shape index (κ2) is 10.1. The fourth-order valence-electron chi connectivity index (χ4n) is 3.83. The fourth-order valence-corrected chi connectivity index (χ4v) is 4.84. The fraction of sp³-hybridized carbons (Fsp3) is 0.429. The normalized spacial score (nSPS) is 17.8. The van der Waals surface area contributed by atoms with Crippen LogP contribution < -0.4 is 15.3 Å². The van der Waals surface area contributed by atoms with Gasteiger partial charge in [-0.25, -0.2) is 27.2 Å². The zero-order valence-corrected chi connectivity index (χ0v) is 20.9. The number of anilines is 2. The second-order valence-corrected chi connectivity index (χ2v) is 11.3. The van der Waals surface area contributed by atoms with Gasteiger partial charge in [0.1, 0.15) is 16.5 Å². The molecule has 4 rings (SSSR count). The van der Waals surface area contributed by atoms with E-state index in [2.05, 4.69) is 42.9 Å². The number of hydrogen-bond donors (Lipinski definition) is 1. The summed E-state index contributed by atoms with van der Waals surface area (Å²) in [5.74, 6) is -0.987.